The van der Waals surface area contributed by atoms with Gasteiger partial charge in [0.15, 0.2) is 6.23 Å². The zero-order valence-corrected chi connectivity index (χ0v) is 13.3. The number of hydrogen-bond acceptors (Lipinski definition) is 10. The molecule has 2 aliphatic heterocycles. The van der Waals surface area contributed by atoms with Gasteiger partial charge in [0.1, 0.15) is 6.17 Å². The van der Waals surface area contributed by atoms with Crippen molar-refractivity contribution in [1.29, 1.82) is 5.53 Å². The average molecular weight is 328 g/mol. The van der Waals surface area contributed by atoms with Gasteiger partial charge in [-0.3, -0.25) is 15.5 Å². The number of hydrogen-bond donors (Lipinski definition) is 6. The Hall–Kier alpha value is -1.04. The second kappa shape index (κ2) is 9.30. The first kappa shape index (κ1) is 18.3. The van der Waals surface area contributed by atoms with Crippen LogP contribution >= 0.6 is 0 Å². The molecule has 2 fully saturated rings. The van der Waals surface area contributed by atoms with Crippen molar-refractivity contribution in [3.05, 3.63) is 4.91 Å². The van der Waals surface area contributed by atoms with Crippen LogP contribution in [-0.4, -0.2) is 67.5 Å². The standard InChI is InChI=1S/C13H28N8O2/c14-10(18-11-8-16-3-4-17-11)7-12(20-23)21-5-1-9(2-6-21)13(22)19-15/h9-13,15-18,22H,1-8,14H2/t10?,11?,12-,13?/m0/s1. The molecule has 0 bridgehead atoms. The molecule has 0 spiro atoms. The number of rotatable bonds is 8. The van der Waals surface area contributed by atoms with E-state index in [1.54, 1.807) is 0 Å². The van der Waals surface area contributed by atoms with Crippen LogP contribution < -0.4 is 21.7 Å². The summed E-state index contributed by atoms with van der Waals surface area (Å²) in [4.78, 5) is 13.2. The number of aliphatic hydroxyl groups excluding tert-OH is 1. The molecular formula is C13H28N8O2. The highest BCUT2D eigenvalue weighted by Crippen LogP contribution is 2.24. The number of piperidine rings is 1. The Kier molecular flexibility index (Phi) is 7.40. The van der Waals surface area contributed by atoms with Gasteiger partial charge in [-0.05, 0) is 12.8 Å². The Morgan fingerprint density at radius 2 is 2.13 bits per heavy atom. The highest BCUT2D eigenvalue weighted by Gasteiger charge is 2.30. The molecule has 0 aromatic heterocycles. The quantitative estimate of drug-likeness (QED) is 0.188. The topological polar surface area (TPSA) is 151 Å². The Balaban J connectivity index is 1.76. The zero-order valence-electron chi connectivity index (χ0n) is 13.3. The second-order valence-electron chi connectivity index (χ2n) is 6.22. The minimum Gasteiger partial charge on any atom is -0.370 e. The minimum absolute atomic E-state index is 0.0136. The van der Waals surface area contributed by atoms with Crippen molar-refractivity contribution in [3.63, 3.8) is 0 Å². The van der Waals surface area contributed by atoms with Gasteiger partial charge in [-0.1, -0.05) is 5.18 Å². The molecule has 0 aliphatic carbocycles. The van der Waals surface area contributed by atoms with E-state index in [9.17, 15) is 10.0 Å². The number of piperazine rings is 1. The molecule has 2 heterocycles. The van der Waals surface area contributed by atoms with Crippen molar-refractivity contribution < 1.29 is 5.11 Å². The fourth-order valence-corrected chi connectivity index (χ4v) is 3.20. The molecule has 0 aromatic carbocycles. The van der Waals surface area contributed by atoms with Gasteiger partial charge < -0.3 is 16.2 Å². The van der Waals surface area contributed by atoms with Gasteiger partial charge in [0.2, 0.25) is 0 Å². The fraction of sp³-hybridized carbons (Fsp3) is 1.00. The lowest BCUT2D eigenvalue weighted by atomic mass is 9.95. The van der Waals surface area contributed by atoms with E-state index in [0.717, 1.165) is 19.6 Å². The first-order valence-electron chi connectivity index (χ1n) is 8.21. The van der Waals surface area contributed by atoms with Crippen LogP contribution in [-0.2, 0) is 0 Å². The van der Waals surface area contributed by atoms with Crippen LogP contribution in [0.25, 0.3) is 0 Å². The first-order valence-corrected chi connectivity index (χ1v) is 8.21. The van der Waals surface area contributed by atoms with Gasteiger partial charge in [-0.2, -0.15) is 5.11 Å². The Bertz CT molecular complexity index is 371. The van der Waals surface area contributed by atoms with E-state index in [-0.39, 0.29) is 18.2 Å². The van der Waals surface area contributed by atoms with Crippen LogP contribution in [0.2, 0.25) is 0 Å². The van der Waals surface area contributed by atoms with E-state index in [1.165, 1.54) is 0 Å². The highest BCUT2D eigenvalue weighted by atomic mass is 16.3. The summed E-state index contributed by atoms with van der Waals surface area (Å²) in [5, 5.41) is 25.8. The van der Waals surface area contributed by atoms with E-state index >= 15 is 0 Å². The smallest absolute Gasteiger partial charge is 0.168 e. The molecular weight excluding hydrogens is 300 g/mol. The second-order valence-corrected chi connectivity index (χ2v) is 6.22. The molecule has 2 rings (SSSR count). The lowest BCUT2D eigenvalue weighted by molar-refractivity contribution is 0.0425. The van der Waals surface area contributed by atoms with Gasteiger partial charge in [0.25, 0.3) is 0 Å². The number of aliphatic hydroxyl groups is 1. The molecule has 7 N–H and O–H groups in total. The summed E-state index contributed by atoms with van der Waals surface area (Å²) >= 11 is 0. The van der Waals surface area contributed by atoms with Crippen molar-refractivity contribution in [2.45, 2.75) is 44.0 Å². The third-order valence-corrected chi connectivity index (χ3v) is 4.59. The average Bonchev–Trinajstić information content (AvgIpc) is 2.60. The van der Waals surface area contributed by atoms with E-state index in [1.807, 2.05) is 4.90 Å². The summed E-state index contributed by atoms with van der Waals surface area (Å²) in [5.41, 5.74) is 13.0. The van der Waals surface area contributed by atoms with Crippen molar-refractivity contribution in [1.82, 2.24) is 20.9 Å². The van der Waals surface area contributed by atoms with E-state index in [2.05, 4.69) is 26.2 Å². The first-order chi connectivity index (χ1) is 11.1. The molecule has 0 radical (unpaired) electrons. The summed E-state index contributed by atoms with van der Waals surface area (Å²) in [5.74, 6) is -0.0136. The Morgan fingerprint density at radius 1 is 1.39 bits per heavy atom. The third kappa shape index (κ3) is 5.52. The highest BCUT2D eigenvalue weighted by molar-refractivity contribution is 4.83. The van der Waals surface area contributed by atoms with E-state index in [0.29, 0.717) is 32.4 Å². The number of nitrogens with two attached hydrogens (primary N) is 1. The van der Waals surface area contributed by atoms with Crippen LogP contribution in [0.15, 0.2) is 10.3 Å². The van der Waals surface area contributed by atoms with E-state index in [4.69, 9.17) is 11.3 Å². The molecule has 4 atom stereocenters. The normalized spacial score (nSPS) is 28.0. The van der Waals surface area contributed by atoms with E-state index < -0.39 is 12.4 Å². The van der Waals surface area contributed by atoms with Crippen molar-refractivity contribution in [3.8, 4) is 0 Å². The predicted octanol–water partition coefficient (Wildman–Crippen LogP) is -1.08. The van der Waals surface area contributed by atoms with Crippen molar-refractivity contribution in [2.75, 3.05) is 32.7 Å². The fourth-order valence-electron chi connectivity index (χ4n) is 3.20. The molecule has 0 aromatic rings. The molecule has 0 saturated carbocycles. The van der Waals surface area contributed by atoms with Gasteiger partial charge in [0.05, 0.1) is 12.3 Å². The molecule has 132 valence electrons. The summed E-state index contributed by atoms with van der Waals surface area (Å²) < 4.78 is 0. The van der Waals surface area contributed by atoms with Crippen molar-refractivity contribution in [2.24, 2.45) is 21.9 Å². The lowest BCUT2D eigenvalue weighted by Gasteiger charge is -2.36. The maximum Gasteiger partial charge on any atom is 0.168 e. The summed E-state index contributed by atoms with van der Waals surface area (Å²) in [6.07, 6.45) is 0.219. The number of nitroso groups, excluding NO2 is 1. The predicted molar refractivity (Wildman–Crippen MR) is 85.4 cm³/mol. The minimum atomic E-state index is -0.936. The lowest BCUT2D eigenvalue weighted by Crippen LogP contribution is -2.60. The molecule has 23 heavy (non-hydrogen) atoms. The Morgan fingerprint density at radius 3 is 2.70 bits per heavy atom. The summed E-state index contributed by atoms with van der Waals surface area (Å²) in [6.45, 7) is 3.94. The number of nitrogens with one attached hydrogen (secondary N) is 4. The van der Waals surface area contributed by atoms with Gasteiger partial charge in [0, 0.05) is 45.1 Å². The van der Waals surface area contributed by atoms with Crippen LogP contribution in [0.1, 0.15) is 19.3 Å². The monoisotopic (exact) mass is 328 g/mol. The number of likely N-dealkylation sites (tertiary alicyclic amines) is 1. The molecule has 0 amide bonds. The van der Waals surface area contributed by atoms with Gasteiger partial charge in [-0.15, -0.1) is 4.91 Å². The molecule has 2 aliphatic rings. The maximum atomic E-state index is 11.2. The molecule has 3 unspecified atom stereocenters. The summed E-state index contributed by atoms with van der Waals surface area (Å²) in [6, 6.07) is 0. The van der Waals surface area contributed by atoms with Gasteiger partial charge in [-0.25, -0.2) is 5.53 Å². The SMILES string of the molecule is N=NC(O)C1CCN([C@@H](CC(N)NC2CNCCN2)N=O)CC1. The van der Waals surface area contributed by atoms with Gasteiger partial charge >= 0.3 is 0 Å². The van der Waals surface area contributed by atoms with Crippen LogP contribution in [0.5, 0.6) is 0 Å². The van der Waals surface area contributed by atoms with Crippen LogP contribution in [0, 0.1) is 16.4 Å². The maximum absolute atomic E-state index is 11.2. The number of nitrogens with zero attached hydrogens (tertiary/aromatic N) is 3. The third-order valence-electron chi connectivity index (χ3n) is 4.59. The van der Waals surface area contributed by atoms with Crippen LogP contribution in [0.4, 0.5) is 0 Å². The van der Waals surface area contributed by atoms with Crippen molar-refractivity contribution >= 4 is 0 Å². The molecule has 10 heteroatoms. The zero-order chi connectivity index (χ0) is 16.7. The molecule has 2 saturated heterocycles. The largest absolute Gasteiger partial charge is 0.370 e. The van der Waals surface area contributed by atoms with Crippen LogP contribution in [0.3, 0.4) is 0 Å². The summed E-state index contributed by atoms with van der Waals surface area (Å²) in [7, 11) is 0. The molecule has 10 nitrogen and oxygen atoms in total. The Labute approximate surface area is 136 Å².